The van der Waals surface area contributed by atoms with Gasteiger partial charge >= 0.3 is 5.96 Å². The van der Waals surface area contributed by atoms with Crippen molar-refractivity contribution >= 4 is 5.96 Å². The molecule has 3 nitrogen and oxygen atoms in total. The predicted molar refractivity (Wildman–Crippen MR) is 71.7 cm³/mol. The SMILES string of the molecule is c1ccc([C@H]2CC[C@H]3C[N+]4=C(NCCC4)N32)cc1. The van der Waals surface area contributed by atoms with E-state index in [0.717, 1.165) is 12.6 Å². The molecular weight excluding hydrogens is 222 g/mol. The normalized spacial score (nSPS) is 30.1. The first kappa shape index (κ1) is 10.4. The van der Waals surface area contributed by atoms with Crippen LogP contribution in [0.1, 0.15) is 30.9 Å². The van der Waals surface area contributed by atoms with Crippen LogP contribution in [0.15, 0.2) is 30.3 Å². The minimum atomic E-state index is 0.585. The van der Waals surface area contributed by atoms with Gasteiger partial charge in [-0.25, -0.2) is 0 Å². The lowest BCUT2D eigenvalue weighted by Gasteiger charge is -2.23. The van der Waals surface area contributed by atoms with Crippen LogP contribution in [0, 0.1) is 0 Å². The lowest BCUT2D eigenvalue weighted by Crippen LogP contribution is -2.46. The van der Waals surface area contributed by atoms with Crippen molar-refractivity contribution in [3.05, 3.63) is 35.9 Å². The van der Waals surface area contributed by atoms with Crippen LogP contribution in [0.4, 0.5) is 0 Å². The minimum Gasteiger partial charge on any atom is -0.278 e. The maximum Gasteiger partial charge on any atom is 0.349 e. The van der Waals surface area contributed by atoms with E-state index in [0.29, 0.717) is 6.04 Å². The third-order valence-electron chi connectivity index (χ3n) is 4.55. The first-order valence-electron chi connectivity index (χ1n) is 7.12. The van der Waals surface area contributed by atoms with Crippen molar-refractivity contribution in [2.24, 2.45) is 0 Å². The van der Waals surface area contributed by atoms with Gasteiger partial charge in [0.15, 0.2) is 0 Å². The molecule has 2 atom stereocenters. The first-order valence-corrected chi connectivity index (χ1v) is 7.12. The Bertz CT molecular complexity index is 480. The Morgan fingerprint density at radius 1 is 1.17 bits per heavy atom. The fourth-order valence-corrected chi connectivity index (χ4v) is 3.76. The van der Waals surface area contributed by atoms with Gasteiger partial charge in [0.2, 0.25) is 0 Å². The van der Waals surface area contributed by atoms with Crippen molar-refractivity contribution < 1.29 is 4.58 Å². The van der Waals surface area contributed by atoms with Crippen molar-refractivity contribution in [3.8, 4) is 0 Å². The van der Waals surface area contributed by atoms with Gasteiger partial charge in [0.1, 0.15) is 18.6 Å². The molecule has 1 fully saturated rings. The second kappa shape index (κ2) is 4.01. The molecule has 3 aliphatic rings. The minimum absolute atomic E-state index is 0.585. The summed E-state index contributed by atoms with van der Waals surface area (Å²) in [4.78, 5) is 2.65. The van der Waals surface area contributed by atoms with E-state index in [4.69, 9.17) is 0 Å². The van der Waals surface area contributed by atoms with Crippen LogP contribution in [0.5, 0.6) is 0 Å². The molecule has 0 bridgehead atoms. The van der Waals surface area contributed by atoms with Gasteiger partial charge in [0, 0.05) is 6.42 Å². The van der Waals surface area contributed by atoms with E-state index in [1.54, 1.807) is 0 Å². The molecule has 0 unspecified atom stereocenters. The summed E-state index contributed by atoms with van der Waals surface area (Å²) in [6, 6.07) is 12.3. The zero-order chi connectivity index (χ0) is 11.9. The van der Waals surface area contributed by atoms with Gasteiger partial charge in [-0.05, 0) is 18.4 Å². The van der Waals surface area contributed by atoms with E-state index in [1.807, 2.05) is 0 Å². The molecule has 1 aromatic carbocycles. The number of hydrogen-bond acceptors (Lipinski definition) is 2. The molecule has 3 heterocycles. The molecule has 1 saturated heterocycles. The summed E-state index contributed by atoms with van der Waals surface area (Å²) in [7, 11) is 0. The highest BCUT2D eigenvalue weighted by molar-refractivity contribution is 5.78. The van der Waals surface area contributed by atoms with Crippen LogP contribution in [0.25, 0.3) is 0 Å². The Labute approximate surface area is 108 Å². The van der Waals surface area contributed by atoms with Gasteiger partial charge < -0.3 is 0 Å². The Kier molecular flexibility index (Phi) is 2.32. The molecule has 1 N–H and O–H groups in total. The highest BCUT2D eigenvalue weighted by Gasteiger charge is 2.48. The van der Waals surface area contributed by atoms with Crippen molar-refractivity contribution in [3.63, 3.8) is 0 Å². The maximum atomic E-state index is 3.62. The molecular formula is C15H20N3+. The number of nitrogens with one attached hydrogen (secondary N) is 1. The predicted octanol–water partition coefficient (Wildman–Crippen LogP) is 1.57. The van der Waals surface area contributed by atoms with Gasteiger partial charge in [0.05, 0.1) is 13.1 Å². The van der Waals surface area contributed by atoms with Gasteiger partial charge in [0.25, 0.3) is 0 Å². The molecule has 0 saturated carbocycles. The molecule has 4 rings (SSSR count). The molecule has 0 aromatic heterocycles. The number of fused-ring (bicyclic) bond motifs is 2. The summed E-state index contributed by atoms with van der Waals surface area (Å²) in [6.45, 7) is 3.60. The number of guanidine groups is 1. The average Bonchev–Trinajstić information content (AvgIpc) is 2.98. The van der Waals surface area contributed by atoms with Crippen molar-refractivity contribution in [2.75, 3.05) is 19.6 Å². The molecule has 0 aliphatic carbocycles. The topological polar surface area (TPSA) is 18.3 Å². The van der Waals surface area contributed by atoms with E-state index in [2.05, 4.69) is 45.1 Å². The molecule has 0 amide bonds. The van der Waals surface area contributed by atoms with Gasteiger partial charge in [-0.3, -0.25) is 14.8 Å². The monoisotopic (exact) mass is 242 g/mol. The largest absolute Gasteiger partial charge is 0.349 e. The summed E-state index contributed by atoms with van der Waals surface area (Å²) in [5, 5.41) is 3.62. The molecule has 94 valence electrons. The van der Waals surface area contributed by atoms with Crippen molar-refractivity contribution in [2.45, 2.75) is 31.3 Å². The highest BCUT2D eigenvalue weighted by atomic mass is 15.4. The Hall–Kier alpha value is -1.51. The maximum absolute atomic E-state index is 3.62. The highest BCUT2D eigenvalue weighted by Crippen LogP contribution is 2.38. The fourth-order valence-electron chi connectivity index (χ4n) is 3.76. The van der Waals surface area contributed by atoms with Crippen molar-refractivity contribution in [1.29, 1.82) is 0 Å². The van der Waals surface area contributed by atoms with Crippen LogP contribution in [-0.2, 0) is 0 Å². The van der Waals surface area contributed by atoms with Crippen LogP contribution in [0.3, 0.4) is 0 Å². The third-order valence-corrected chi connectivity index (χ3v) is 4.55. The Morgan fingerprint density at radius 3 is 2.94 bits per heavy atom. The molecule has 0 radical (unpaired) electrons. The summed E-state index contributed by atoms with van der Waals surface area (Å²) in [6.07, 6.45) is 3.91. The average molecular weight is 242 g/mol. The quantitative estimate of drug-likeness (QED) is 0.754. The molecule has 1 aromatic rings. The molecule has 3 heteroatoms. The zero-order valence-corrected chi connectivity index (χ0v) is 10.7. The molecule has 0 spiro atoms. The summed E-state index contributed by atoms with van der Waals surface area (Å²) < 4.78 is 2.54. The number of benzene rings is 1. The van der Waals surface area contributed by atoms with Crippen LogP contribution in [-0.4, -0.2) is 41.1 Å². The van der Waals surface area contributed by atoms with Crippen molar-refractivity contribution in [1.82, 2.24) is 10.2 Å². The lowest BCUT2D eigenvalue weighted by molar-refractivity contribution is -0.527. The molecule has 18 heavy (non-hydrogen) atoms. The summed E-state index contributed by atoms with van der Waals surface area (Å²) in [5.41, 5.74) is 1.47. The van der Waals surface area contributed by atoms with Gasteiger partial charge in [-0.1, -0.05) is 30.3 Å². The number of nitrogens with zero attached hydrogens (tertiary/aromatic N) is 2. The van der Waals surface area contributed by atoms with Crippen LogP contribution in [0.2, 0.25) is 0 Å². The van der Waals surface area contributed by atoms with Gasteiger partial charge in [-0.15, -0.1) is 0 Å². The standard InChI is InChI=1S/C15H19N3/c1-2-5-12(6-3-1)14-8-7-13-11-17-10-4-9-16-15(17)18(13)14/h1-3,5-6,13-14H,4,7-11H2/p+1/t13-,14+/m0/s1. The smallest absolute Gasteiger partial charge is 0.278 e. The summed E-state index contributed by atoms with van der Waals surface area (Å²) in [5.74, 6) is 1.40. The summed E-state index contributed by atoms with van der Waals surface area (Å²) >= 11 is 0. The third kappa shape index (κ3) is 1.46. The number of rotatable bonds is 1. The van der Waals surface area contributed by atoms with E-state index >= 15 is 0 Å². The Morgan fingerprint density at radius 2 is 2.06 bits per heavy atom. The van der Waals surface area contributed by atoms with Crippen LogP contribution >= 0.6 is 0 Å². The van der Waals surface area contributed by atoms with E-state index in [9.17, 15) is 0 Å². The van der Waals surface area contributed by atoms with E-state index in [-0.39, 0.29) is 0 Å². The van der Waals surface area contributed by atoms with Crippen LogP contribution < -0.4 is 5.32 Å². The Balaban J connectivity index is 1.69. The van der Waals surface area contributed by atoms with Gasteiger partial charge in [-0.2, -0.15) is 0 Å². The van der Waals surface area contributed by atoms with E-state index < -0.39 is 0 Å². The van der Waals surface area contributed by atoms with E-state index in [1.165, 1.54) is 43.9 Å². The lowest BCUT2D eigenvalue weighted by atomic mass is 10.0. The fraction of sp³-hybridized carbons (Fsp3) is 0.533. The number of hydrogen-bond donors (Lipinski definition) is 1. The second-order valence-electron chi connectivity index (χ2n) is 5.61. The first-order chi connectivity index (χ1) is 8.93. The molecule has 3 aliphatic heterocycles. The zero-order valence-electron chi connectivity index (χ0n) is 10.7. The second-order valence-corrected chi connectivity index (χ2v) is 5.61.